The maximum Gasteiger partial charge on any atom is 0.262 e. The van der Waals surface area contributed by atoms with Crippen molar-refractivity contribution >= 4 is 33.2 Å². The number of nitrogens with two attached hydrogens (primary N) is 1. The first-order valence-corrected chi connectivity index (χ1v) is 11.6. The van der Waals surface area contributed by atoms with Gasteiger partial charge in [0.05, 0.1) is 18.5 Å². The Labute approximate surface area is 190 Å². The summed E-state index contributed by atoms with van der Waals surface area (Å²) < 4.78 is 45.1. The van der Waals surface area contributed by atoms with E-state index in [2.05, 4.69) is 5.32 Å². The molecule has 8 nitrogen and oxygen atoms in total. The van der Waals surface area contributed by atoms with Crippen LogP contribution in [-0.4, -0.2) is 33.1 Å². The van der Waals surface area contributed by atoms with Gasteiger partial charge in [0, 0.05) is 16.8 Å². The molecule has 0 fully saturated rings. The second-order valence-corrected chi connectivity index (χ2v) is 9.04. The van der Waals surface area contributed by atoms with Crippen molar-refractivity contribution in [2.45, 2.75) is 6.54 Å². The molecule has 0 bridgehead atoms. The van der Waals surface area contributed by atoms with Gasteiger partial charge in [-0.15, -0.1) is 0 Å². The summed E-state index contributed by atoms with van der Waals surface area (Å²) in [5.41, 5.74) is 6.54. The lowest BCUT2D eigenvalue weighted by Crippen LogP contribution is -2.29. The summed E-state index contributed by atoms with van der Waals surface area (Å²) in [6.07, 6.45) is 1.04. The number of rotatable bonds is 9. The predicted molar refractivity (Wildman–Crippen MR) is 123 cm³/mol. The van der Waals surface area contributed by atoms with Crippen LogP contribution in [0.3, 0.4) is 0 Å². The van der Waals surface area contributed by atoms with Crippen LogP contribution in [0.4, 0.5) is 15.8 Å². The van der Waals surface area contributed by atoms with Crippen LogP contribution in [0.25, 0.3) is 0 Å². The summed E-state index contributed by atoms with van der Waals surface area (Å²) in [4.78, 5) is 23.2. The van der Waals surface area contributed by atoms with E-state index in [1.54, 1.807) is 18.2 Å². The molecule has 0 heterocycles. The minimum atomic E-state index is -3.68. The zero-order valence-corrected chi connectivity index (χ0v) is 18.5. The van der Waals surface area contributed by atoms with E-state index < -0.39 is 27.7 Å². The average Bonchev–Trinajstić information content (AvgIpc) is 2.77. The van der Waals surface area contributed by atoms with Gasteiger partial charge >= 0.3 is 0 Å². The van der Waals surface area contributed by atoms with Gasteiger partial charge in [0.2, 0.25) is 15.9 Å². The van der Waals surface area contributed by atoms with Gasteiger partial charge in [0.15, 0.2) is 6.61 Å². The molecule has 3 rings (SSSR count). The number of benzene rings is 3. The number of amides is 2. The van der Waals surface area contributed by atoms with Gasteiger partial charge in [-0.1, -0.05) is 18.2 Å². The Balaban J connectivity index is 1.62. The number of carbonyl (C=O) groups excluding carboxylic acids is 2. The number of sulfonamides is 1. The van der Waals surface area contributed by atoms with Crippen molar-refractivity contribution in [1.29, 1.82) is 0 Å². The number of hydrogen-bond donors (Lipinski definition) is 2. The maximum atomic E-state index is 14.0. The van der Waals surface area contributed by atoms with Gasteiger partial charge in [0.1, 0.15) is 11.6 Å². The minimum Gasteiger partial charge on any atom is -0.484 e. The largest absolute Gasteiger partial charge is 0.484 e. The van der Waals surface area contributed by atoms with Crippen molar-refractivity contribution in [1.82, 2.24) is 0 Å². The molecular weight excluding hydrogens is 449 g/mol. The highest BCUT2D eigenvalue weighted by molar-refractivity contribution is 7.92. The molecule has 0 unspecified atom stereocenters. The number of anilines is 2. The third-order valence-electron chi connectivity index (χ3n) is 4.62. The van der Waals surface area contributed by atoms with Crippen LogP contribution >= 0.6 is 0 Å². The summed E-state index contributed by atoms with van der Waals surface area (Å²) >= 11 is 0. The van der Waals surface area contributed by atoms with Gasteiger partial charge in [-0.05, 0) is 54.6 Å². The number of ether oxygens (including phenoxy) is 1. The summed E-state index contributed by atoms with van der Waals surface area (Å²) in [5.74, 6) is -1.15. The normalized spacial score (nSPS) is 11.0. The van der Waals surface area contributed by atoms with Gasteiger partial charge < -0.3 is 15.8 Å². The van der Waals surface area contributed by atoms with Crippen LogP contribution in [0.2, 0.25) is 0 Å². The lowest BCUT2D eigenvalue weighted by atomic mass is 10.2. The number of carbonyl (C=O) groups is 2. The molecule has 3 aromatic rings. The van der Waals surface area contributed by atoms with Crippen molar-refractivity contribution in [3.8, 4) is 5.75 Å². The van der Waals surface area contributed by atoms with E-state index in [0.717, 1.165) is 10.6 Å². The van der Waals surface area contributed by atoms with E-state index in [9.17, 15) is 22.4 Å². The lowest BCUT2D eigenvalue weighted by molar-refractivity contribution is -0.118. The summed E-state index contributed by atoms with van der Waals surface area (Å²) in [6, 6.07) is 18.1. The second-order valence-electron chi connectivity index (χ2n) is 7.13. The van der Waals surface area contributed by atoms with Crippen molar-refractivity contribution in [2.75, 3.05) is 22.5 Å². The molecule has 3 aromatic carbocycles. The highest BCUT2D eigenvalue weighted by Crippen LogP contribution is 2.24. The summed E-state index contributed by atoms with van der Waals surface area (Å²) in [7, 11) is -3.68. The first-order valence-electron chi connectivity index (χ1n) is 9.77. The lowest BCUT2D eigenvalue weighted by Gasteiger charge is -2.23. The average molecular weight is 472 g/mol. The van der Waals surface area contributed by atoms with Crippen LogP contribution < -0.4 is 20.1 Å². The SMILES string of the molecule is CS(=O)(=O)N(Cc1ccccc1F)c1ccc(OCC(=O)Nc2ccc(C(N)=O)cc2)cc1. The fraction of sp³-hybridized carbons (Fsp3) is 0.130. The van der Waals surface area contributed by atoms with Crippen LogP contribution in [0.5, 0.6) is 5.75 Å². The van der Waals surface area contributed by atoms with Crippen molar-refractivity contribution in [3.63, 3.8) is 0 Å². The number of nitrogens with zero attached hydrogens (tertiary/aromatic N) is 1. The molecule has 0 aliphatic rings. The Kier molecular flexibility index (Phi) is 7.29. The third kappa shape index (κ3) is 6.53. The standard InChI is InChI=1S/C23H22FN3O5S/c1-33(30,31)27(14-17-4-2-3-5-21(17)24)19-10-12-20(13-11-19)32-15-22(28)26-18-8-6-16(7-9-18)23(25)29/h2-13H,14-15H2,1H3,(H2,25,29)(H,26,28). The van der Waals surface area contributed by atoms with E-state index in [0.29, 0.717) is 22.7 Å². The van der Waals surface area contributed by atoms with Gasteiger partial charge in [0.25, 0.3) is 5.91 Å². The van der Waals surface area contributed by atoms with Crippen LogP contribution in [0, 0.1) is 5.82 Å². The Morgan fingerprint density at radius 2 is 1.64 bits per heavy atom. The number of nitrogens with one attached hydrogen (secondary N) is 1. The topological polar surface area (TPSA) is 119 Å². The zero-order valence-electron chi connectivity index (χ0n) is 17.7. The van der Waals surface area contributed by atoms with E-state index in [1.165, 1.54) is 54.6 Å². The fourth-order valence-electron chi connectivity index (χ4n) is 2.95. The molecule has 33 heavy (non-hydrogen) atoms. The molecule has 0 radical (unpaired) electrons. The van der Waals surface area contributed by atoms with E-state index >= 15 is 0 Å². The Hall–Kier alpha value is -3.92. The van der Waals surface area contributed by atoms with Crippen molar-refractivity contribution in [2.24, 2.45) is 5.73 Å². The Morgan fingerprint density at radius 3 is 2.21 bits per heavy atom. The molecule has 0 spiro atoms. The van der Waals surface area contributed by atoms with E-state index in [4.69, 9.17) is 10.5 Å². The van der Waals surface area contributed by atoms with Crippen LogP contribution in [-0.2, 0) is 21.4 Å². The predicted octanol–water partition coefficient (Wildman–Crippen LogP) is 2.91. The summed E-state index contributed by atoms with van der Waals surface area (Å²) in [6.45, 7) is -0.454. The Morgan fingerprint density at radius 1 is 1.00 bits per heavy atom. The molecule has 10 heteroatoms. The monoisotopic (exact) mass is 471 g/mol. The quantitative estimate of drug-likeness (QED) is 0.497. The van der Waals surface area contributed by atoms with Crippen LogP contribution in [0.1, 0.15) is 15.9 Å². The smallest absolute Gasteiger partial charge is 0.262 e. The van der Waals surface area contributed by atoms with Crippen molar-refractivity contribution in [3.05, 3.63) is 89.7 Å². The van der Waals surface area contributed by atoms with Crippen molar-refractivity contribution < 1.29 is 27.1 Å². The molecule has 2 amide bonds. The number of hydrogen-bond acceptors (Lipinski definition) is 5. The van der Waals surface area contributed by atoms with E-state index in [-0.39, 0.29) is 18.7 Å². The highest BCUT2D eigenvalue weighted by Gasteiger charge is 2.19. The van der Waals surface area contributed by atoms with Gasteiger partial charge in [-0.2, -0.15) is 0 Å². The summed E-state index contributed by atoms with van der Waals surface area (Å²) in [5, 5.41) is 2.62. The molecule has 0 aliphatic heterocycles. The number of halogens is 1. The van der Waals surface area contributed by atoms with Gasteiger partial charge in [-0.25, -0.2) is 12.8 Å². The molecule has 0 aliphatic carbocycles. The molecule has 0 saturated heterocycles. The molecule has 172 valence electrons. The minimum absolute atomic E-state index is 0.164. The number of primary amides is 1. The molecule has 0 aromatic heterocycles. The molecule has 3 N–H and O–H groups in total. The molecule has 0 saturated carbocycles. The second kappa shape index (κ2) is 10.1. The third-order valence-corrected chi connectivity index (χ3v) is 5.76. The maximum absolute atomic E-state index is 14.0. The Bertz CT molecular complexity index is 1250. The van der Waals surface area contributed by atoms with E-state index in [1.807, 2.05) is 0 Å². The molecule has 0 atom stereocenters. The van der Waals surface area contributed by atoms with Gasteiger partial charge in [-0.3, -0.25) is 13.9 Å². The zero-order chi connectivity index (χ0) is 24.0. The fourth-order valence-corrected chi connectivity index (χ4v) is 3.83. The first kappa shape index (κ1) is 23.7. The van der Waals surface area contributed by atoms with Crippen LogP contribution in [0.15, 0.2) is 72.8 Å². The molecular formula is C23H22FN3O5S. The highest BCUT2D eigenvalue weighted by atomic mass is 32.2. The first-order chi connectivity index (χ1) is 15.6.